The Morgan fingerprint density at radius 1 is 1.09 bits per heavy atom. The van der Waals surface area contributed by atoms with Crippen LogP contribution in [0.15, 0.2) is 54.1 Å². The Labute approximate surface area is 194 Å². The summed E-state index contributed by atoms with van der Waals surface area (Å²) in [6.45, 7) is 8.50. The van der Waals surface area contributed by atoms with Crippen LogP contribution in [0.2, 0.25) is 0 Å². The molecule has 0 atom stereocenters. The number of fused-ring (bicyclic) bond motifs is 1. The van der Waals surface area contributed by atoms with Gasteiger partial charge in [0.25, 0.3) is 11.8 Å². The summed E-state index contributed by atoms with van der Waals surface area (Å²) in [6, 6.07) is 13.6. The highest BCUT2D eigenvalue weighted by atomic mass is 32.1. The molecule has 0 saturated carbocycles. The molecule has 2 amide bonds. The molecule has 164 valence electrons. The Kier molecular flexibility index (Phi) is 5.51. The second-order valence-corrected chi connectivity index (χ2v) is 9.18. The predicted molar refractivity (Wildman–Crippen MR) is 135 cm³/mol. The molecule has 2 heterocycles. The number of hydrogen-bond donors (Lipinski definition) is 1. The fraction of sp³-hybridized carbons (Fsp3) is 0.269. The van der Waals surface area contributed by atoms with E-state index in [-0.39, 0.29) is 16.2 Å². The number of allylic oxidation sites excluding steroid dienone is 1. The van der Waals surface area contributed by atoms with Gasteiger partial charge in [0.15, 0.2) is 5.11 Å². The molecule has 0 bridgehead atoms. The van der Waals surface area contributed by atoms with Crippen LogP contribution in [0, 0.1) is 0 Å². The highest BCUT2D eigenvalue weighted by molar-refractivity contribution is 7.80. The quantitative estimate of drug-likeness (QED) is 0.422. The van der Waals surface area contributed by atoms with E-state index in [0.29, 0.717) is 5.69 Å². The summed E-state index contributed by atoms with van der Waals surface area (Å²) in [5, 5.41) is 2.75. The smallest absolute Gasteiger partial charge is 0.270 e. The van der Waals surface area contributed by atoms with E-state index in [9.17, 15) is 9.59 Å². The van der Waals surface area contributed by atoms with Gasteiger partial charge in [-0.2, -0.15) is 0 Å². The lowest BCUT2D eigenvalue weighted by Gasteiger charge is -2.40. The largest absolute Gasteiger partial charge is 0.366 e. The van der Waals surface area contributed by atoms with E-state index >= 15 is 0 Å². The van der Waals surface area contributed by atoms with Crippen LogP contribution < -0.4 is 15.1 Å². The monoisotopic (exact) mass is 445 g/mol. The molecule has 1 fully saturated rings. The molecule has 6 heteroatoms. The van der Waals surface area contributed by atoms with Gasteiger partial charge in [-0.05, 0) is 86.5 Å². The summed E-state index contributed by atoms with van der Waals surface area (Å²) in [7, 11) is 2.07. The molecule has 1 N–H and O–H groups in total. The average Bonchev–Trinajstić information content (AvgIpc) is 2.75. The van der Waals surface area contributed by atoms with Crippen molar-refractivity contribution >= 4 is 52.2 Å². The molecular weight excluding hydrogens is 418 g/mol. The van der Waals surface area contributed by atoms with Crippen molar-refractivity contribution in [1.29, 1.82) is 0 Å². The van der Waals surface area contributed by atoms with Gasteiger partial charge >= 0.3 is 0 Å². The molecule has 0 aromatic heterocycles. The minimum Gasteiger partial charge on any atom is -0.366 e. The molecule has 0 radical (unpaired) electrons. The van der Waals surface area contributed by atoms with Gasteiger partial charge < -0.3 is 4.90 Å². The second kappa shape index (κ2) is 8.02. The number of carbonyl (C=O) groups is 2. The first kappa shape index (κ1) is 22.0. The standard InChI is InChI=1S/C26H27N3O2S/c1-6-17-7-10-19(11-8-17)29-24(31)21(23(30)27-25(29)32)14-18-9-12-22-20(13-18)16(2)15-26(3,4)28(22)5/h7-15H,6H2,1-5H3,(H,27,30,32)/b21-14+. The lowest BCUT2D eigenvalue weighted by Crippen LogP contribution is -2.54. The van der Waals surface area contributed by atoms with Gasteiger partial charge in [0, 0.05) is 18.3 Å². The number of rotatable bonds is 3. The van der Waals surface area contributed by atoms with Crippen LogP contribution in [-0.4, -0.2) is 29.5 Å². The number of hydrogen-bond acceptors (Lipinski definition) is 4. The fourth-order valence-corrected chi connectivity index (χ4v) is 4.49. The van der Waals surface area contributed by atoms with Crippen LogP contribution in [0.4, 0.5) is 11.4 Å². The number of nitrogens with one attached hydrogen (secondary N) is 1. The molecule has 2 aliphatic heterocycles. The van der Waals surface area contributed by atoms with Crippen molar-refractivity contribution in [2.45, 2.75) is 39.7 Å². The molecule has 5 nitrogen and oxygen atoms in total. The third-order valence-corrected chi connectivity index (χ3v) is 6.54. The SMILES string of the molecule is CCc1ccc(N2C(=O)/C(=C/c3ccc4c(c3)C(C)=CC(C)(C)N4C)C(=O)NC2=S)cc1. The number of aryl methyl sites for hydroxylation is 1. The number of anilines is 2. The van der Waals surface area contributed by atoms with Crippen molar-refractivity contribution in [3.05, 3.63) is 70.8 Å². The normalized spacial score (nSPS) is 19.1. The van der Waals surface area contributed by atoms with E-state index < -0.39 is 11.8 Å². The Bertz CT molecular complexity index is 1190. The van der Waals surface area contributed by atoms with Crippen molar-refractivity contribution in [3.63, 3.8) is 0 Å². The highest BCUT2D eigenvalue weighted by Gasteiger charge is 2.35. The average molecular weight is 446 g/mol. The van der Waals surface area contributed by atoms with Crippen molar-refractivity contribution in [2.75, 3.05) is 16.8 Å². The van der Waals surface area contributed by atoms with Crippen LogP contribution in [0.3, 0.4) is 0 Å². The van der Waals surface area contributed by atoms with E-state index in [4.69, 9.17) is 12.2 Å². The maximum absolute atomic E-state index is 13.3. The predicted octanol–water partition coefficient (Wildman–Crippen LogP) is 4.71. The lowest BCUT2D eigenvalue weighted by molar-refractivity contribution is -0.122. The molecule has 2 aliphatic rings. The van der Waals surface area contributed by atoms with Gasteiger partial charge in [0.05, 0.1) is 11.2 Å². The maximum Gasteiger partial charge on any atom is 0.270 e. The molecule has 1 saturated heterocycles. The molecule has 32 heavy (non-hydrogen) atoms. The van der Waals surface area contributed by atoms with Gasteiger partial charge in [-0.1, -0.05) is 31.2 Å². The Hall–Kier alpha value is -3.25. The Morgan fingerprint density at radius 3 is 2.44 bits per heavy atom. The van der Waals surface area contributed by atoms with E-state index in [2.05, 4.69) is 51.0 Å². The van der Waals surface area contributed by atoms with Gasteiger partial charge in [-0.15, -0.1) is 0 Å². The molecular formula is C26H27N3O2S. The first-order valence-corrected chi connectivity index (χ1v) is 11.1. The minimum absolute atomic E-state index is 0.0595. The summed E-state index contributed by atoms with van der Waals surface area (Å²) in [6.07, 6.45) is 4.77. The number of thiocarbonyl (C=S) groups is 1. The topological polar surface area (TPSA) is 52.7 Å². The van der Waals surface area contributed by atoms with Crippen molar-refractivity contribution in [2.24, 2.45) is 0 Å². The third kappa shape index (κ3) is 3.75. The number of likely N-dealkylation sites (N-methyl/N-ethyl adjacent to an activating group) is 1. The zero-order valence-electron chi connectivity index (χ0n) is 19.0. The van der Waals surface area contributed by atoms with E-state index in [1.807, 2.05) is 42.5 Å². The van der Waals surface area contributed by atoms with Crippen LogP contribution >= 0.6 is 12.2 Å². The van der Waals surface area contributed by atoms with Crippen LogP contribution in [0.5, 0.6) is 0 Å². The minimum atomic E-state index is -0.482. The number of amides is 2. The van der Waals surface area contributed by atoms with Crippen molar-refractivity contribution < 1.29 is 9.59 Å². The first-order chi connectivity index (χ1) is 15.1. The van der Waals surface area contributed by atoms with Gasteiger partial charge in [-0.25, -0.2) is 0 Å². The van der Waals surface area contributed by atoms with E-state index in [1.165, 1.54) is 10.5 Å². The van der Waals surface area contributed by atoms with Crippen molar-refractivity contribution in [1.82, 2.24) is 5.32 Å². The zero-order valence-corrected chi connectivity index (χ0v) is 19.8. The van der Waals surface area contributed by atoms with E-state index in [1.54, 1.807) is 6.08 Å². The number of nitrogens with zero attached hydrogens (tertiary/aromatic N) is 2. The summed E-state index contributed by atoms with van der Waals surface area (Å²) in [5.74, 6) is -0.907. The maximum atomic E-state index is 13.3. The zero-order chi connectivity index (χ0) is 23.2. The fourth-order valence-electron chi connectivity index (χ4n) is 4.21. The van der Waals surface area contributed by atoms with Gasteiger partial charge in [0.1, 0.15) is 5.57 Å². The lowest BCUT2D eigenvalue weighted by atomic mass is 9.88. The summed E-state index contributed by atoms with van der Waals surface area (Å²) >= 11 is 5.30. The van der Waals surface area contributed by atoms with Crippen LogP contribution in [0.25, 0.3) is 11.6 Å². The van der Waals surface area contributed by atoms with Crippen LogP contribution in [0.1, 0.15) is 44.4 Å². The number of benzene rings is 2. The molecule has 2 aromatic rings. The molecule has 0 unspecified atom stereocenters. The molecule has 0 aliphatic carbocycles. The van der Waals surface area contributed by atoms with E-state index in [0.717, 1.165) is 28.8 Å². The molecule has 4 rings (SSSR count). The molecule has 2 aromatic carbocycles. The summed E-state index contributed by atoms with van der Waals surface area (Å²) < 4.78 is 0. The summed E-state index contributed by atoms with van der Waals surface area (Å²) in [4.78, 5) is 29.5. The van der Waals surface area contributed by atoms with Crippen molar-refractivity contribution in [3.8, 4) is 0 Å². The number of carbonyl (C=O) groups excluding carboxylic acids is 2. The Balaban J connectivity index is 1.72. The third-order valence-electron chi connectivity index (χ3n) is 6.26. The summed E-state index contributed by atoms with van der Waals surface area (Å²) in [5.41, 5.74) is 5.94. The molecule has 0 spiro atoms. The van der Waals surface area contributed by atoms with Gasteiger partial charge in [-0.3, -0.25) is 19.8 Å². The Morgan fingerprint density at radius 2 is 1.78 bits per heavy atom. The second-order valence-electron chi connectivity index (χ2n) is 8.79. The highest BCUT2D eigenvalue weighted by Crippen LogP contribution is 2.38. The van der Waals surface area contributed by atoms with Crippen LogP contribution in [-0.2, 0) is 16.0 Å². The first-order valence-electron chi connectivity index (χ1n) is 10.7. The van der Waals surface area contributed by atoms with Gasteiger partial charge in [0.2, 0.25) is 0 Å².